The normalized spacial score (nSPS) is 12.5. The lowest BCUT2D eigenvalue weighted by atomic mass is 10.0. The molecule has 58 heavy (non-hydrogen) atoms. The van der Waals surface area contributed by atoms with Gasteiger partial charge in [-0.1, -0.05) is 140 Å². The Morgan fingerprint density at radius 3 is 2.07 bits per heavy atom. The first-order chi connectivity index (χ1) is 28.7. The summed E-state index contributed by atoms with van der Waals surface area (Å²) in [6, 6.07) is 62.6. The number of aliphatic imine (C=N–C) groups is 3. The molecule has 6 nitrogen and oxygen atoms in total. The first-order valence-electron chi connectivity index (χ1n) is 19.3. The largest absolute Gasteiger partial charge is 0.456 e. The van der Waals surface area contributed by atoms with Crippen molar-refractivity contribution in [1.29, 1.82) is 0 Å². The molecule has 3 heterocycles. The average molecular weight is 747 g/mol. The van der Waals surface area contributed by atoms with E-state index in [-0.39, 0.29) is 0 Å². The van der Waals surface area contributed by atoms with Crippen molar-refractivity contribution in [3.63, 3.8) is 0 Å². The van der Waals surface area contributed by atoms with Crippen LogP contribution in [-0.2, 0) is 6.54 Å². The first kappa shape index (κ1) is 33.5. The van der Waals surface area contributed by atoms with Crippen LogP contribution in [0.2, 0.25) is 0 Å². The second-order valence-corrected chi connectivity index (χ2v) is 14.4. The fourth-order valence-electron chi connectivity index (χ4n) is 8.37. The Morgan fingerprint density at radius 1 is 0.517 bits per heavy atom. The van der Waals surface area contributed by atoms with Crippen LogP contribution >= 0.6 is 0 Å². The van der Waals surface area contributed by atoms with Crippen LogP contribution in [0, 0.1) is 0 Å². The summed E-state index contributed by atoms with van der Waals surface area (Å²) >= 11 is 0. The summed E-state index contributed by atoms with van der Waals surface area (Å²) in [6.07, 6.45) is 0. The first-order valence-corrected chi connectivity index (χ1v) is 19.3. The van der Waals surface area contributed by atoms with Crippen molar-refractivity contribution < 1.29 is 8.83 Å². The molecule has 0 fully saturated rings. The number of benzene rings is 8. The molecular formula is C52H34N4O2. The standard InChI is InChI=1S/C52H34N4O2/c1-53-51(34-15-3-2-4-16-34)55-52(43-23-13-27-48-49(43)42-20-7-10-26-47(42)57-48)54-32-33-14-11-17-36(30-33)56-44-24-8-5-18-38(44)39-29-28-35(31-45(39)56)37-21-12-22-41-40-19-6-9-25-46(40)58-50(37)41/h2-31H,1,32H2. The van der Waals surface area contributed by atoms with Crippen LogP contribution in [0.25, 0.3) is 82.5 Å². The van der Waals surface area contributed by atoms with Crippen molar-refractivity contribution in [3.05, 3.63) is 199 Å². The summed E-state index contributed by atoms with van der Waals surface area (Å²) < 4.78 is 15.1. The number of nitrogens with zero attached hydrogens (tertiary/aromatic N) is 4. The summed E-state index contributed by atoms with van der Waals surface area (Å²) in [5.74, 6) is 1.05. The van der Waals surface area contributed by atoms with Gasteiger partial charge in [0.25, 0.3) is 0 Å². The maximum absolute atomic E-state index is 6.47. The molecule has 0 saturated carbocycles. The molecule has 0 atom stereocenters. The van der Waals surface area contributed by atoms with Crippen molar-refractivity contribution in [2.45, 2.75) is 6.54 Å². The molecule has 0 bridgehead atoms. The summed E-state index contributed by atoms with van der Waals surface area (Å²) in [6.45, 7) is 4.27. The highest BCUT2D eigenvalue weighted by molar-refractivity contribution is 6.21. The van der Waals surface area contributed by atoms with Gasteiger partial charge in [-0.3, -0.25) is 4.99 Å². The Morgan fingerprint density at radius 2 is 1.21 bits per heavy atom. The second-order valence-electron chi connectivity index (χ2n) is 14.4. The molecule has 8 aromatic carbocycles. The molecule has 0 unspecified atom stereocenters. The zero-order chi connectivity index (χ0) is 38.6. The van der Waals surface area contributed by atoms with Gasteiger partial charge in [0.15, 0.2) is 11.7 Å². The molecule has 0 saturated heterocycles. The second kappa shape index (κ2) is 13.7. The van der Waals surface area contributed by atoms with Crippen molar-refractivity contribution in [3.8, 4) is 16.8 Å². The minimum atomic E-state index is 0.383. The minimum absolute atomic E-state index is 0.383. The predicted octanol–water partition coefficient (Wildman–Crippen LogP) is 13.3. The SMILES string of the molecule is C=NC(=NC(=NCc1cccc(-n2c3ccccc3c3ccc(-c4cccc5c4oc4ccccc45)cc32)c1)c1cccc2oc3ccccc3c12)c1ccccc1. The van der Waals surface area contributed by atoms with E-state index in [0.717, 1.165) is 88.4 Å². The number of amidine groups is 2. The molecule has 0 amide bonds. The van der Waals surface area contributed by atoms with Gasteiger partial charge in [0, 0.05) is 54.7 Å². The van der Waals surface area contributed by atoms with Gasteiger partial charge < -0.3 is 13.4 Å². The Balaban J connectivity index is 1.05. The van der Waals surface area contributed by atoms with Crippen LogP contribution in [0.3, 0.4) is 0 Å². The zero-order valence-electron chi connectivity index (χ0n) is 31.3. The molecule has 0 N–H and O–H groups in total. The number of hydrogen-bond acceptors (Lipinski definition) is 3. The van der Waals surface area contributed by atoms with E-state index in [4.69, 9.17) is 18.8 Å². The van der Waals surface area contributed by atoms with Gasteiger partial charge in [-0.2, -0.15) is 0 Å². The average Bonchev–Trinajstić information content (AvgIpc) is 3.96. The van der Waals surface area contributed by atoms with E-state index in [1.54, 1.807) is 0 Å². The zero-order valence-corrected chi connectivity index (χ0v) is 31.3. The molecule has 0 aliphatic heterocycles. The van der Waals surface area contributed by atoms with E-state index in [0.29, 0.717) is 18.2 Å². The number of aromatic nitrogens is 1. The van der Waals surface area contributed by atoms with Crippen LogP contribution in [-0.4, -0.2) is 23.0 Å². The lowest BCUT2D eigenvalue weighted by Crippen LogP contribution is -2.06. The summed E-state index contributed by atoms with van der Waals surface area (Å²) in [5, 5.41) is 6.58. The fourth-order valence-corrected chi connectivity index (χ4v) is 8.37. The van der Waals surface area contributed by atoms with Gasteiger partial charge in [0.05, 0.1) is 17.6 Å². The molecule has 11 rings (SSSR count). The van der Waals surface area contributed by atoms with E-state index in [1.807, 2.05) is 72.8 Å². The van der Waals surface area contributed by atoms with Crippen molar-refractivity contribution in [2.24, 2.45) is 15.0 Å². The third-order valence-electron chi connectivity index (χ3n) is 11.0. The molecule has 0 spiro atoms. The minimum Gasteiger partial charge on any atom is -0.456 e. The molecule has 3 aromatic heterocycles. The topological polar surface area (TPSA) is 68.3 Å². The van der Waals surface area contributed by atoms with E-state index >= 15 is 0 Å². The molecule has 6 heteroatoms. The smallest absolute Gasteiger partial charge is 0.161 e. The van der Waals surface area contributed by atoms with Crippen LogP contribution in [0.5, 0.6) is 0 Å². The number of fused-ring (bicyclic) bond motifs is 9. The molecule has 11 aromatic rings. The van der Waals surface area contributed by atoms with Gasteiger partial charge in [-0.25, -0.2) is 9.98 Å². The highest BCUT2D eigenvalue weighted by Crippen LogP contribution is 2.39. The number of para-hydroxylation sites is 4. The third-order valence-corrected chi connectivity index (χ3v) is 11.0. The third kappa shape index (κ3) is 5.53. The maximum Gasteiger partial charge on any atom is 0.161 e. The van der Waals surface area contributed by atoms with Gasteiger partial charge in [0.1, 0.15) is 22.3 Å². The fraction of sp³-hybridized carbons (Fsp3) is 0.0192. The summed E-state index contributed by atoms with van der Waals surface area (Å²) in [5.41, 5.74) is 11.6. The van der Waals surface area contributed by atoms with Crippen molar-refractivity contribution >= 4 is 84.1 Å². The Bertz CT molecular complexity index is 3460. The van der Waals surface area contributed by atoms with Gasteiger partial charge in [-0.05, 0) is 60.3 Å². The molecule has 0 radical (unpaired) electrons. The van der Waals surface area contributed by atoms with E-state index < -0.39 is 0 Å². The lowest BCUT2D eigenvalue weighted by Gasteiger charge is -2.11. The lowest BCUT2D eigenvalue weighted by molar-refractivity contribution is 0.669. The summed E-state index contributed by atoms with van der Waals surface area (Å²) in [4.78, 5) is 14.7. The van der Waals surface area contributed by atoms with Crippen LogP contribution in [0.15, 0.2) is 206 Å². The monoisotopic (exact) mass is 746 g/mol. The van der Waals surface area contributed by atoms with E-state index in [9.17, 15) is 0 Å². The maximum atomic E-state index is 6.47. The van der Waals surface area contributed by atoms with Gasteiger partial charge in [-0.15, -0.1) is 0 Å². The predicted molar refractivity (Wildman–Crippen MR) is 240 cm³/mol. The number of furan rings is 2. The molecule has 0 aliphatic carbocycles. The highest BCUT2D eigenvalue weighted by Gasteiger charge is 2.18. The van der Waals surface area contributed by atoms with Gasteiger partial charge in [0.2, 0.25) is 0 Å². The van der Waals surface area contributed by atoms with Crippen molar-refractivity contribution in [1.82, 2.24) is 4.57 Å². The highest BCUT2D eigenvalue weighted by atomic mass is 16.3. The number of rotatable bonds is 6. The number of hydrogen-bond donors (Lipinski definition) is 0. The van der Waals surface area contributed by atoms with Crippen LogP contribution in [0.1, 0.15) is 16.7 Å². The van der Waals surface area contributed by atoms with Crippen molar-refractivity contribution in [2.75, 3.05) is 0 Å². The van der Waals surface area contributed by atoms with Gasteiger partial charge >= 0.3 is 0 Å². The quantitative estimate of drug-likeness (QED) is 0.126. The summed E-state index contributed by atoms with van der Waals surface area (Å²) in [7, 11) is 0. The van der Waals surface area contributed by atoms with Crippen LogP contribution < -0.4 is 0 Å². The van der Waals surface area contributed by atoms with E-state index in [1.165, 1.54) is 10.8 Å². The van der Waals surface area contributed by atoms with E-state index in [2.05, 4.69) is 125 Å². The Hall–Kier alpha value is -7.83. The Kier molecular flexibility index (Phi) is 7.93. The molecule has 274 valence electrons. The molecule has 0 aliphatic rings. The van der Waals surface area contributed by atoms with Crippen LogP contribution in [0.4, 0.5) is 0 Å². The molecular weight excluding hydrogens is 713 g/mol. The Labute approximate surface area is 333 Å².